The van der Waals surface area contributed by atoms with E-state index in [-0.39, 0.29) is 48.5 Å². The lowest BCUT2D eigenvalue weighted by atomic mass is 9.68. The quantitative estimate of drug-likeness (QED) is 0.220. The maximum Gasteiger partial charge on any atom is 0.333 e. The summed E-state index contributed by atoms with van der Waals surface area (Å²) in [5, 5.41) is 15.1. The summed E-state index contributed by atoms with van der Waals surface area (Å²) in [6.45, 7) is 4.99. The molecule has 11 rings (SSSR count). The summed E-state index contributed by atoms with van der Waals surface area (Å²) in [4.78, 5) is 64.1. The number of likely N-dealkylation sites (N-methyl/N-ethyl adjacent to an activating group) is 1. The minimum absolute atomic E-state index is 0.00178. The lowest BCUT2D eigenvalue weighted by molar-refractivity contribution is -0.157. The van der Waals surface area contributed by atoms with Gasteiger partial charge in [-0.3, -0.25) is 29.5 Å². The van der Waals surface area contributed by atoms with Crippen molar-refractivity contribution >= 4 is 46.2 Å². The lowest BCUT2D eigenvalue weighted by Gasteiger charge is -2.62. The molecule has 2 saturated heterocycles. The standard InChI is InChI=1S/C41H39N5O9S/c1-17-32(48)22-12-24-25(13-42)46-26-14-52-40(50)41(39-21(10-11-43-41)20-8-6-7-9-23(20)44-39)15-56-38(31(46)30(45(24)4)27(22)33(49)35(17)51-5)29-28(26)37-36(53-16-54-37)18(2)34(29)55-19(3)47/h6-9,24-26,30-31,38,43-44H,10-12,14-16H2,1-5H3/t24-,25+,26+,30-,31-,38-,41-/m1/s1. The monoisotopic (exact) mass is 777 g/mol. The predicted octanol–water partition coefficient (Wildman–Crippen LogP) is 3.58. The van der Waals surface area contributed by atoms with Gasteiger partial charge in [0.05, 0.1) is 36.2 Å². The molecule has 2 fully saturated rings. The van der Waals surface area contributed by atoms with Crippen molar-refractivity contribution in [1.29, 1.82) is 5.26 Å². The maximum atomic E-state index is 14.8. The van der Waals surface area contributed by atoms with Gasteiger partial charge >= 0.3 is 11.9 Å². The molecule has 4 bridgehead atoms. The zero-order valence-corrected chi connectivity index (χ0v) is 32.3. The molecule has 56 heavy (non-hydrogen) atoms. The second kappa shape index (κ2) is 12.4. The fraction of sp³-hybridized carbons (Fsp3) is 0.439. The van der Waals surface area contributed by atoms with Crippen molar-refractivity contribution in [3.63, 3.8) is 0 Å². The number of ether oxygens (including phenoxy) is 5. The molecular weight excluding hydrogens is 739 g/mol. The number of Topliss-reactive ketones (excluding diaryl/α,β-unsaturated/α-hetero) is 2. The third-order valence-electron chi connectivity index (χ3n) is 12.9. The van der Waals surface area contributed by atoms with Crippen LogP contribution in [0.3, 0.4) is 0 Å². The molecule has 0 unspecified atom stereocenters. The van der Waals surface area contributed by atoms with Gasteiger partial charge in [0.15, 0.2) is 28.6 Å². The van der Waals surface area contributed by atoms with Crippen LogP contribution in [0.4, 0.5) is 0 Å². The molecule has 0 amide bonds. The van der Waals surface area contributed by atoms with Gasteiger partial charge in [-0.2, -0.15) is 5.26 Å². The Kier molecular flexibility index (Phi) is 7.83. The average molecular weight is 778 g/mol. The first-order valence-electron chi connectivity index (χ1n) is 18.8. The Hall–Kier alpha value is -5.14. The first kappa shape index (κ1) is 35.3. The molecule has 1 spiro atoms. The van der Waals surface area contributed by atoms with E-state index in [0.29, 0.717) is 58.1 Å². The van der Waals surface area contributed by atoms with E-state index in [4.69, 9.17) is 23.7 Å². The van der Waals surface area contributed by atoms with Crippen LogP contribution < -0.4 is 19.5 Å². The summed E-state index contributed by atoms with van der Waals surface area (Å²) in [6.07, 6.45) is 0.865. The van der Waals surface area contributed by atoms with Gasteiger partial charge in [0.25, 0.3) is 0 Å². The predicted molar refractivity (Wildman–Crippen MR) is 201 cm³/mol. The number of hydrogen-bond acceptors (Lipinski definition) is 14. The molecule has 2 aromatic carbocycles. The first-order chi connectivity index (χ1) is 27.0. The topological polar surface area (TPSA) is 173 Å². The Balaban J connectivity index is 1.25. The molecule has 7 atom stereocenters. The van der Waals surface area contributed by atoms with E-state index >= 15 is 0 Å². The molecule has 0 radical (unpaired) electrons. The molecular formula is C41H39N5O9S. The first-order valence-corrected chi connectivity index (χ1v) is 19.8. The summed E-state index contributed by atoms with van der Waals surface area (Å²) in [5.74, 6) is -0.337. The minimum Gasteiger partial charge on any atom is -0.492 e. The van der Waals surface area contributed by atoms with Gasteiger partial charge in [-0.25, -0.2) is 4.79 Å². The Morgan fingerprint density at radius 3 is 2.64 bits per heavy atom. The van der Waals surface area contributed by atoms with Crippen molar-refractivity contribution in [2.75, 3.05) is 39.9 Å². The van der Waals surface area contributed by atoms with E-state index in [1.165, 1.54) is 25.8 Å². The number of rotatable bonds is 2. The number of piperazine rings is 1. The number of aromatic nitrogens is 1. The fourth-order valence-corrected chi connectivity index (χ4v) is 12.3. The van der Waals surface area contributed by atoms with Gasteiger partial charge in [0.2, 0.25) is 12.6 Å². The largest absolute Gasteiger partial charge is 0.492 e. The molecule has 1 aromatic heterocycles. The van der Waals surface area contributed by atoms with Crippen LogP contribution in [0.15, 0.2) is 46.7 Å². The van der Waals surface area contributed by atoms with Crippen molar-refractivity contribution in [3.05, 3.63) is 74.7 Å². The number of esters is 2. The highest BCUT2D eigenvalue weighted by Gasteiger charge is 2.63. The number of nitrogens with zero attached hydrogens (tertiary/aromatic N) is 3. The van der Waals surface area contributed by atoms with Crippen LogP contribution in [0.5, 0.6) is 17.2 Å². The third kappa shape index (κ3) is 4.49. The molecule has 2 N–H and O–H groups in total. The molecule has 15 heteroatoms. The zero-order valence-electron chi connectivity index (χ0n) is 31.4. The van der Waals surface area contributed by atoms with E-state index in [1.54, 1.807) is 6.92 Å². The number of allylic oxidation sites excluding steroid dienone is 2. The summed E-state index contributed by atoms with van der Waals surface area (Å²) in [7, 11) is 3.29. The number of methoxy groups -OCH3 is 1. The number of aromatic amines is 1. The normalized spacial score (nSPS) is 30.8. The number of nitriles is 1. The number of H-pyrrole nitrogens is 1. The van der Waals surface area contributed by atoms with E-state index < -0.39 is 52.9 Å². The van der Waals surface area contributed by atoms with Gasteiger partial charge in [0, 0.05) is 75.6 Å². The van der Waals surface area contributed by atoms with Crippen molar-refractivity contribution in [2.24, 2.45) is 0 Å². The number of para-hydroxylation sites is 1. The molecule has 3 aromatic rings. The Morgan fingerprint density at radius 1 is 1.09 bits per heavy atom. The summed E-state index contributed by atoms with van der Waals surface area (Å²) < 4.78 is 30.4. The summed E-state index contributed by atoms with van der Waals surface area (Å²) >= 11 is 1.46. The fourth-order valence-electron chi connectivity index (χ4n) is 10.6. The molecule has 8 heterocycles. The Labute approximate surface area is 326 Å². The number of hydrogen-bond donors (Lipinski definition) is 2. The Morgan fingerprint density at radius 2 is 1.88 bits per heavy atom. The highest BCUT2D eigenvalue weighted by Crippen LogP contribution is 2.63. The summed E-state index contributed by atoms with van der Waals surface area (Å²) in [6, 6.07) is 7.05. The molecule has 0 saturated carbocycles. The number of fused-ring (bicyclic) bond motifs is 10. The Bertz CT molecular complexity index is 2450. The molecule has 8 aliphatic rings. The van der Waals surface area contributed by atoms with Gasteiger partial charge in [0.1, 0.15) is 18.4 Å². The van der Waals surface area contributed by atoms with Crippen LogP contribution in [0, 0.1) is 18.3 Å². The number of thioether (sulfide) groups is 1. The molecule has 14 nitrogen and oxygen atoms in total. The van der Waals surface area contributed by atoms with E-state index in [2.05, 4.69) is 26.2 Å². The van der Waals surface area contributed by atoms with Crippen LogP contribution in [0.1, 0.15) is 59.5 Å². The SMILES string of the molecule is COC1=C(C)C(=O)C2=C(C1=O)[C@@H]1[C@@H]3[C@@H]4SC[C@]5(NCCc6c5[nH]c5ccccc65)C(=O)OC[C@@H](c5c6c(c(C)c(OC(C)=O)c54)OCO6)N3[C@@H](C#N)[C@@H](C2)N1C. The highest BCUT2D eigenvalue weighted by atomic mass is 32.2. The van der Waals surface area contributed by atoms with Gasteiger partial charge in [-0.05, 0) is 45.4 Å². The lowest BCUT2D eigenvalue weighted by Crippen LogP contribution is -2.73. The van der Waals surface area contributed by atoms with Crippen LogP contribution in [-0.4, -0.2) is 102 Å². The van der Waals surface area contributed by atoms with Crippen LogP contribution in [0.25, 0.3) is 10.9 Å². The number of ketones is 2. The van der Waals surface area contributed by atoms with E-state index in [0.717, 1.165) is 22.2 Å². The van der Waals surface area contributed by atoms with Crippen LogP contribution >= 0.6 is 11.8 Å². The van der Waals surface area contributed by atoms with Gasteiger partial charge in [-0.15, -0.1) is 11.8 Å². The third-order valence-corrected chi connectivity index (χ3v) is 14.4. The summed E-state index contributed by atoms with van der Waals surface area (Å²) in [5.41, 5.74) is 4.14. The van der Waals surface area contributed by atoms with Gasteiger partial charge in [-0.1, -0.05) is 18.2 Å². The number of carbonyl (C=O) groups excluding carboxylic acids is 4. The second-order valence-corrected chi connectivity index (χ2v) is 16.6. The molecule has 288 valence electrons. The van der Waals surface area contributed by atoms with E-state index in [1.807, 2.05) is 38.2 Å². The molecule has 7 aliphatic heterocycles. The van der Waals surface area contributed by atoms with Crippen molar-refractivity contribution < 1.29 is 42.9 Å². The van der Waals surface area contributed by atoms with Crippen molar-refractivity contribution in [2.45, 2.75) is 74.6 Å². The minimum atomic E-state index is -1.30. The second-order valence-electron chi connectivity index (χ2n) is 15.5. The number of nitrogens with one attached hydrogen (secondary N) is 2. The smallest absolute Gasteiger partial charge is 0.333 e. The number of benzene rings is 2. The van der Waals surface area contributed by atoms with E-state index in [9.17, 15) is 24.4 Å². The number of carbonyl (C=O) groups is 4. The highest BCUT2D eigenvalue weighted by molar-refractivity contribution is 7.99. The van der Waals surface area contributed by atoms with Gasteiger partial charge < -0.3 is 28.7 Å². The van der Waals surface area contributed by atoms with Crippen molar-refractivity contribution in [1.82, 2.24) is 20.1 Å². The average Bonchev–Trinajstić information content (AvgIpc) is 3.83. The van der Waals surface area contributed by atoms with Crippen LogP contribution in [-0.2, 0) is 40.6 Å². The van der Waals surface area contributed by atoms with Crippen molar-refractivity contribution in [3.8, 4) is 23.3 Å². The molecule has 1 aliphatic carbocycles. The zero-order chi connectivity index (χ0) is 38.9. The van der Waals surface area contributed by atoms with Crippen LogP contribution in [0.2, 0.25) is 0 Å². The maximum absolute atomic E-state index is 14.8.